The lowest BCUT2D eigenvalue weighted by Crippen LogP contribution is -2.02. The molecule has 1 heteroatoms. The van der Waals surface area contributed by atoms with Gasteiger partial charge in [0.15, 0.2) is 0 Å². The van der Waals surface area contributed by atoms with Crippen molar-refractivity contribution >= 4 is 15.9 Å². The highest BCUT2D eigenvalue weighted by Gasteiger charge is 2.10. The minimum Gasteiger partial charge on any atom is -0.0713 e. The molecule has 0 amide bonds. The second kappa shape index (κ2) is 4.97. The average molecular weight is 217 g/mol. The van der Waals surface area contributed by atoms with Crippen LogP contribution in [0, 0.1) is 5.92 Å². The van der Waals surface area contributed by atoms with Gasteiger partial charge in [0, 0.05) is 0 Å². The Bertz CT molecular complexity index is 132. The van der Waals surface area contributed by atoms with Gasteiger partial charge in [0.05, 0.1) is 0 Å². The van der Waals surface area contributed by atoms with Gasteiger partial charge in [0.25, 0.3) is 0 Å². The molecule has 11 heavy (non-hydrogen) atoms. The number of allylic oxidation sites excluding steroid dienone is 2. The van der Waals surface area contributed by atoms with Crippen LogP contribution in [0.1, 0.15) is 45.4 Å². The maximum absolute atomic E-state index is 3.57. The molecule has 1 saturated carbocycles. The van der Waals surface area contributed by atoms with Gasteiger partial charge in [-0.2, -0.15) is 0 Å². The van der Waals surface area contributed by atoms with Crippen LogP contribution in [0.2, 0.25) is 0 Å². The van der Waals surface area contributed by atoms with Crippen molar-refractivity contribution in [3.8, 4) is 0 Å². The summed E-state index contributed by atoms with van der Waals surface area (Å²) in [5, 5.41) is 0. The van der Waals surface area contributed by atoms with Crippen LogP contribution >= 0.6 is 15.9 Å². The summed E-state index contributed by atoms with van der Waals surface area (Å²) in [5.41, 5.74) is 0. The molecule has 0 spiro atoms. The molecule has 0 N–H and O–H groups in total. The summed E-state index contributed by atoms with van der Waals surface area (Å²) in [6, 6.07) is 0. The third-order valence-electron chi connectivity index (χ3n) is 2.40. The molecule has 64 valence electrons. The van der Waals surface area contributed by atoms with E-state index >= 15 is 0 Å². The summed E-state index contributed by atoms with van der Waals surface area (Å²) >= 11 is 3.57. The van der Waals surface area contributed by atoms with E-state index in [0.29, 0.717) is 0 Å². The second-order valence-electron chi connectivity index (χ2n) is 3.37. The Morgan fingerprint density at radius 3 is 2.55 bits per heavy atom. The highest BCUT2D eigenvalue weighted by atomic mass is 79.9. The second-order valence-corrected chi connectivity index (χ2v) is 4.38. The highest BCUT2D eigenvalue weighted by molar-refractivity contribution is 9.11. The van der Waals surface area contributed by atoms with E-state index in [1.54, 1.807) is 0 Å². The molecule has 0 aromatic heterocycles. The molecule has 1 fully saturated rings. The number of hydrogen-bond acceptors (Lipinski definition) is 0. The summed E-state index contributed by atoms with van der Waals surface area (Å²) in [6.45, 7) is 2.20. The third kappa shape index (κ3) is 3.42. The first-order valence-corrected chi connectivity index (χ1v) is 5.48. The lowest BCUT2D eigenvalue weighted by Gasteiger charge is -2.18. The molecular formula is C10H17Br. The molecule has 0 aromatic carbocycles. The normalized spacial score (nSPS) is 22.2. The van der Waals surface area contributed by atoms with E-state index in [0.717, 1.165) is 12.3 Å². The van der Waals surface area contributed by atoms with Crippen molar-refractivity contribution in [1.82, 2.24) is 0 Å². The Kier molecular flexibility index (Phi) is 4.21. The maximum Gasteiger partial charge on any atom is -0.00892 e. The molecule has 1 aliphatic carbocycles. The highest BCUT2D eigenvalue weighted by Crippen LogP contribution is 2.27. The quantitative estimate of drug-likeness (QED) is 0.648. The molecule has 0 atom stereocenters. The summed E-state index contributed by atoms with van der Waals surface area (Å²) in [7, 11) is 0. The zero-order valence-electron chi connectivity index (χ0n) is 7.28. The van der Waals surface area contributed by atoms with E-state index in [4.69, 9.17) is 0 Å². The predicted octanol–water partition coefficient (Wildman–Crippen LogP) is 4.26. The Balaban J connectivity index is 2.34. The lowest BCUT2D eigenvalue weighted by molar-refractivity contribution is 0.418. The molecular weight excluding hydrogens is 200 g/mol. The standard InChI is InChI=1S/C10H17Br/c1-2-10(11)8-9-6-4-3-5-7-9/h8-9H,2-7H2,1H3/b10-8-. The van der Waals surface area contributed by atoms with Crippen molar-refractivity contribution in [1.29, 1.82) is 0 Å². The van der Waals surface area contributed by atoms with Crippen LogP contribution in [0.4, 0.5) is 0 Å². The zero-order valence-corrected chi connectivity index (χ0v) is 8.86. The van der Waals surface area contributed by atoms with Crippen LogP contribution in [0.3, 0.4) is 0 Å². The fourth-order valence-electron chi connectivity index (χ4n) is 1.67. The zero-order chi connectivity index (χ0) is 8.10. The molecule has 0 radical (unpaired) electrons. The number of hydrogen-bond donors (Lipinski definition) is 0. The van der Waals surface area contributed by atoms with Crippen molar-refractivity contribution in [3.63, 3.8) is 0 Å². The first kappa shape index (κ1) is 9.31. The van der Waals surface area contributed by atoms with E-state index in [9.17, 15) is 0 Å². The largest absolute Gasteiger partial charge is 0.0713 e. The Morgan fingerprint density at radius 2 is 2.00 bits per heavy atom. The van der Waals surface area contributed by atoms with Crippen molar-refractivity contribution in [2.24, 2.45) is 5.92 Å². The molecule has 0 saturated heterocycles. The molecule has 0 nitrogen and oxygen atoms in total. The number of halogens is 1. The Hall–Kier alpha value is 0.220. The van der Waals surface area contributed by atoms with Gasteiger partial charge in [0.2, 0.25) is 0 Å². The predicted molar refractivity (Wildman–Crippen MR) is 53.9 cm³/mol. The Morgan fingerprint density at radius 1 is 1.36 bits per heavy atom. The smallest absolute Gasteiger partial charge is 0.00892 e. The Labute approximate surface area is 78.2 Å². The van der Waals surface area contributed by atoms with Gasteiger partial charge in [-0.15, -0.1) is 0 Å². The topological polar surface area (TPSA) is 0 Å². The summed E-state index contributed by atoms with van der Waals surface area (Å²) in [6.07, 6.45) is 10.7. The molecule has 1 aliphatic rings. The first-order valence-electron chi connectivity index (χ1n) is 4.69. The van der Waals surface area contributed by atoms with Crippen LogP contribution in [-0.2, 0) is 0 Å². The summed E-state index contributed by atoms with van der Waals surface area (Å²) in [5.74, 6) is 0.873. The van der Waals surface area contributed by atoms with Gasteiger partial charge in [0.1, 0.15) is 0 Å². The molecule has 0 heterocycles. The molecule has 0 aromatic rings. The van der Waals surface area contributed by atoms with Crippen molar-refractivity contribution in [2.75, 3.05) is 0 Å². The van der Waals surface area contributed by atoms with Gasteiger partial charge in [-0.3, -0.25) is 0 Å². The average Bonchev–Trinajstić information content (AvgIpc) is 2.06. The van der Waals surface area contributed by atoms with E-state index in [1.807, 2.05) is 0 Å². The minimum atomic E-state index is 0.873. The SMILES string of the molecule is CC/C(Br)=C/C1CCCCC1. The molecule has 0 unspecified atom stereocenters. The fraction of sp³-hybridized carbons (Fsp3) is 0.800. The van der Waals surface area contributed by atoms with Gasteiger partial charge in [-0.25, -0.2) is 0 Å². The monoisotopic (exact) mass is 216 g/mol. The maximum atomic E-state index is 3.57. The summed E-state index contributed by atoms with van der Waals surface area (Å²) in [4.78, 5) is 0. The van der Waals surface area contributed by atoms with E-state index < -0.39 is 0 Å². The van der Waals surface area contributed by atoms with Crippen molar-refractivity contribution in [3.05, 3.63) is 10.6 Å². The summed E-state index contributed by atoms with van der Waals surface area (Å²) < 4.78 is 1.39. The molecule has 1 rings (SSSR count). The van der Waals surface area contributed by atoms with Gasteiger partial charge >= 0.3 is 0 Å². The fourth-order valence-corrected chi connectivity index (χ4v) is 2.05. The van der Waals surface area contributed by atoms with Gasteiger partial charge < -0.3 is 0 Å². The first-order chi connectivity index (χ1) is 5.33. The molecule has 0 bridgehead atoms. The molecule has 0 aliphatic heterocycles. The van der Waals surface area contributed by atoms with Crippen LogP contribution in [0.5, 0.6) is 0 Å². The van der Waals surface area contributed by atoms with Crippen LogP contribution in [-0.4, -0.2) is 0 Å². The van der Waals surface area contributed by atoms with Gasteiger partial charge in [-0.1, -0.05) is 48.2 Å². The lowest BCUT2D eigenvalue weighted by atomic mass is 9.89. The van der Waals surface area contributed by atoms with E-state index in [1.165, 1.54) is 36.6 Å². The van der Waals surface area contributed by atoms with Crippen LogP contribution in [0.25, 0.3) is 0 Å². The van der Waals surface area contributed by atoms with Crippen LogP contribution < -0.4 is 0 Å². The van der Waals surface area contributed by atoms with Crippen LogP contribution in [0.15, 0.2) is 10.6 Å². The minimum absolute atomic E-state index is 0.873. The van der Waals surface area contributed by atoms with Crippen molar-refractivity contribution in [2.45, 2.75) is 45.4 Å². The van der Waals surface area contributed by atoms with Crippen molar-refractivity contribution < 1.29 is 0 Å². The van der Waals surface area contributed by atoms with Gasteiger partial charge in [-0.05, 0) is 29.7 Å². The van der Waals surface area contributed by atoms with E-state index in [2.05, 4.69) is 28.9 Å². The third-order valence-corrected chi connectivity index (χ3v) is 3.23. The number of rotatable bonds is 2. The van der Waals surface area contributed by atoms with E-state index in [-0.39, 0.29) is 0 Å².